The van der Waals surface area contributed by atoms with E-state index in [0.29, 0.717) is 17.9 Å². The lowest BCUT2D eigenvalue weighted by Gasteiger charge is -2.21. The Balaban J connectivity index is 1.49. The van der Waals surface area contributed by atoms with Crippen LogP contribution in [-0.4, -0.2) is 12.5 Å². The molecule has 0 atom stereocenters. The van der Waals surface area contributed by atoms with Gasteiger partial charge in [-0.05, 0) is 41.7 Å². The van der Waals surface area contributed by atoms with E-state index in [1.165, 1.54) is 76.2 Å². The number of carbonyl (C=O) groups is 1. The van der Waals surface area contributed by atoms with Crippen molar-refractivity contribution < 1.29 is 14.1 Å². The molecule has 0 unspecified atom stereocenters. The number of nitrogens with zero attached hydrogens (tertiary/aromatic N) is 1. The largest absolute Gasteiger partial charge is 0.493 e. The first-order valence-electron chi connectivity index (χ1n) is 15.5. The second-order valence-electron chi connectivity index (χ2n) is 12.1. The Kier molecular flexibility index (Phi) is 13.7. The van der Waals surface area contributed by atoms with Gasteiger partial charge in [0.15, 0.2) is 12.7 Å². The van der Waals surface area contributed by atoms with E-state index < -0.39 is 0 Å². The lowest BCUT2D eigenvalue weighted by atomic mass is 9.86. The van der Waals surface area contributed by atoms with Gasteiger partial charge >= 0.3 is 0 Å². The monoisotopic (exact) mass is 563 g/mol. The Hall–Kier alpha value is -2.66. The molecule has 218 valence electrons. The Labute approximate surface area is 247 Å². The van der Waals surface area contributed by atoms with Crippen molar-refractivity contribution in [2.45, 2.75) is 117 Å². The van der Waals surface area contributed by atoms with Crippen molar-refractivity contribution in [2.24, 2.45) is 0 Å². The summed E-state index contributed by atoms with van der Waals surface area (Å²) in [5.41, 5.74) is 5.77. The first kappa shape index (κ1) is 31.9. The van der Waals surface area contributed by atoms with E-state index in [-0.39, 0.29) is 11.3 Å². The summed E-state index contributed by atoms with van der Waals surface area (Å²) in [6, 6.07) is 14.1. The number of hydrogen-bond donors (Lipinski definition) is 1. The van der Waals surface area contributed by atoms with Gasteiger partial charge < -0.3 is 10.1 Å². The predicted octanol–water partition coefficient (Wildman–Crippen LogP) is 9.71. The zero-order chi connectivity index (χ0) is 28.6. The van der Waals surface area contributed by atoms with Gasteiger partial charge in [-0.3, -0.25) is 4.79 Å². The van der Waals surface area contributed by atoms with Crippen LogP contribution in [0.15, 0.2) is 59.6 Å². The van der Waals surface area contributed by atoms with Crippen molar-refractivity contribution in [3.05, 3.63) is 76.2 Å². The topological polar surface area (TPSA) is 42.2 Å². The maximum absolute atomic E-state index is 13.4. The lowest BCUT2D eigenvalue weighted by molar-refractivity contribution is -0.683. The minimum absolute atomic E-state index is 0.0171. The number of amides is 1. The number of thiazole rings is 1. The van der Waals surface area contributed by atoms with E-state index in [2.05, 4.69) is 72.9 Å². The zero-order valence-corrected chi connectivity index (χ0v) is 26.2. The molecule has 1 N–H and O–H groups in total. The molecule has 0 fully saturated rings. The molecule has 0 spiro atoms. The van der Waals surface area contributed by atoms with Gasteiger partial charge in [-0.2, -0.15) is 4.57 Å². The van der Waals surface area contributed by atoms with Crippen molar-refractivity contribution >= 4 is 22.9 Å². The highest BCUT2D eigenvalue weighted by Crippen LogP contribution is 2.30. The average Bonchev–Trinajstić information content (AvgIpc) is 3.44. The Morgan fingerprint density at radius 1 is 0.875 bits per heavy atom. The first-order valence-corrected chi connectivity index (χ1v) is 16.4. The van der Waals surface area contributed by atoms with Gasteiger partial charge in [0.1, 0.15) is 5.75 Å². The van der Waals surface area contributed by atoms with Crippen LogP contribution in [0.25, 0.3) is 0 Å². The van der Waals surface area contributed by atoms with E-state index in [9.17, 15) is 4.79 Å². The molecule has 0 saturated carbocycles. The minimum Gasteiger partial charge on any atom is -0.493 e. The fraction of sp³-hybridized carbons (Fsp3) is 0.543. The summed E-state index contributed by atoms with van der Waals surface area (Å²) < 4.78 is 8.39. The number of aromatic nitrogens is 1. The quantitative estimate of drug-likeness (QED) is 0.124. The standard InChI is InChI=1S/C35H50N2O2S/c1-5-6-7-8-9-10-11-12-13-14-15-16-23-39-33-26-30(35(2,3)4)20-21-32(33)34(38)36-31-19-17-18-29(25-31)27-37-22-24-40-28-37/h17-22,24-26,28H,5-16,23,27H2,1-4H3/p+1. The third-order valence-corrected chi connectivity index (χ3v) is 8.10. The molecule has 0 aliphatic carbocycles. The summed E-state index contributed by atoms with van der Waals surface area (Å²) in [4.78, 5) is 13.4. The molecule has 2 aromatic carbocycles. The van der Waals surface area contributed by atoms with Crippen LogP contribution in [0.5, 0.6) is 5.75 Å². The summed E-state index contributed by atoms with van der Waals surface area (Å²) in [6.07, 6.45) is 17.8. The normalized spacial score (nSPS) is 11.5. The lowest BCUT2D eigenvalue weighted by Crippen LogP contribution is -2.30. The minimum atomic E-state index is -0.134. The molecule has 0 aliphatic rings. The number of nitrogens with one attached hydrogen (secondary N) is 1. The van der Waals surface area contributed by atoms with E-state index in [1.54, 1.807) is 11.3 Å². The van der Waals surface area contributed by atoms with Crippen molar-refractivity contribution in [2.75, 3.05) is 11.9 Å². The molecule has 0 bridgehead atoms. The molecule has 5 heteroatoms. The molecule has 1 aromatic heterocycles. The third kappa shape index (κ3) is 11.4. The summed E-state index contributed by atoms with van der Waals surface area (Å²) >= 11 is 1.67. The molecule has 1 heterocycles. The molecule has 40 heavy (non-hydrogen) atoms. The van der Waals surface area contributed by atoms with Crippen LogP contribution in [0.3, 0.4) is 0 Å². The maximum Gasteiger partial charge on any atom is 0.259 e. The number of benzene rings is 2. The molecule has 3 aromatic rings. The highest BCUT2D eigenvalue weighted by Gasteiger charge is 2.19. The molecule has 0 aliphatic heterocycles. The smallest absolute Gasteiger partial charge is 0.259 e. The second-order valence-corrected chi connectivity index (χ2v) is 12.8. The second kappa shape index (κ2) is 17.2. The number of ether oxygens (including phenoxy) is 1. The number of unbranched alkanes of at least 4 members (excludes halogenated alkanes) is 11. The van der Waals surface area contributed by atoms with Crippen LogP contribution in [-0.2, 0) is 12.0 Å². The van der Waals surface area contributed by atoms with Gasteiger partial charge in [0.05, 0.1) is 17.6 Å². The van der Waals surface area contributed by atoms with Gasteiger partial charge in [0.25, 0.3) is 5.91 Å². The van der Waals surface area contributed by atoms with Gasteiger partial charge in [-0.1, -0.05) is 128 Å². The molecule has 0 radical (unpaired) electrons. The van der Waals surface area contributed by atoms with Crippen LogP contribution in [0.1, 0.15) is 126 Å². The van der Waals surface area contributed by atoms with Gasteiger partial charge in [0, 0.05) is 11.3 Å². The highest BCUT2D eigenvalue weighted by atomic mass is 32.1. The third-order valence-electron chi connectivity index (χ3n) is 7.42. The molecular weight excluding hydrogens is 512 g/mol. The summed E-state index contributed by atoms with van der Waals surface area (Å²) in [7, 11) is 0. The summed E-state index contributed by atoms with van der Waals surface area (Å²) in [6.45, 7) is 10.3. The number of anilines is 1. The van der Waals surface area contributed by atoms with Crippen LogP contribution in [0.2, 0.25) is 0 Å². The van der Waals surface area contributed by atoms with Gasteiger partial charge in [-0.25, -0.2) is 0 Å². The van der Waals surface area contributed by atoms with Crippen LogP contribution in [0, 0.1) is 0 Å². The first-order chi connectivity index (χ1) is 19.4. The van der Waals surface area contributed by atoms with Gasteiger partial charge in [0.2, 0.25) is 5.51 Å². The Bertz CT molecular complexity index is 1130. The van der Waals surface area contributed by atoms with Crippen molar-refractivity contribution in [3.63, 3.8) is 0 Å². The fourth-order valence-electron chi connectivity index (χ4n) is 4.93. The average molecular weight is 564 g/mol. The molecule has 3 rings (SSSR count). The maximum atomic E-state index is 13.4. The van der Waals surface area contributed by atoms with E-state index in [4.69, 9.17) is 4.74 Å². The molecule has 1 amide bonds. The van der Waals surface area contributed by atoms with Crippen molar-refractivity contribution in [1.29, 1.82) is 0 Å². The van der Waals surface area contributed by atoms with E-state index in [1.807, 2.05) is 24.3 Å². The Morgan fingerprint density at radius 3 is 2.17 bits per heavy atom. The van der Waals surface area contributed by atoms with Crippen molar-refractivity contribution in [3.8, 4) is 5.75 Å². The highest BCUT2D eigenvalue weighted by molar-refractivity contribution is 7.07. The fourth-order valence-corrected chi connectivity index (χ4v) is 5.53. The van der Waals surface area contributed by atoms with Crippen LogP contribution < -0.4 is 14.6 Å². The molecule has 4 nitrogen and oxygen atoms in total. The van der Waals surface area contributed by atoms with Crippen LogP contribution in [0.4, 0.5) is 5.69 Å². The number of carbonyl (C=O) groups excluding carboxylic acids is 1. The van der Waals surface area contributed by atoms with Crippen LogP contribution >= 0.6 is 11.3 Å². The van der Waals surface area contributed by atoms with E-state index in [0.717, 1.165) is 24.2 Å². The Morgan fingerprint density at radius 2 is 1.55 bits per heavy atom. The number of hydrogen-bond acceptors (Lipinski definition) is 3. The van der Waals surface area contributed by atoms with Crippen molar-refractivity contribution in [1.82, 2.24) is 0 Å². The zero-order valence-electron chi connectivity index (χ0n) is 25.3. The summed E-state index contributed by atoms with van der Waals surface area (Å²) in [5, 5.41) is 5.16. The number of rotatable bonds is 18. The molecular formula is C35H51N2O2S+. The predicted molar refractivity (Wildman–Crippen MR) is 170 cm³/mol. The van der Waals surface area contributed by atoms with E-state index >= 15 is 0 Å². The van der Waals surface area contributed by atoms with Gasteiger partial charge in [-0.15, -0.1) is 0 Å². The SMILES string of the molecule is CCCCCCCCCCCCCCOc1cc(C(C)(C)C)ccc1C(=O)Nc1cccc(C[n+]2ccsc2)c1. The molecule has 0 saturated heterocycles. The summed E-state index contributed by atoms with van der Waals surface area (Å²) in [5.74, 6) is 0.545.